The molecule has 1 aromatic heterocycles. The van der Waals surface area contributed by atoms with Crippen molar-refractivity contribution in [1.82, 2.24) is 15.6 Å². The first-order valence-corrected chi connectivity index (χ1v) is 11.4. The number of nitrogens with one attached hydrogen (secondary N) is 3. The number of aliphatic hydroxyl groups excluding tert-OH is 2. The van der Waals surface area contributed by atoms with E-state index in [4.69, 9.17) is 9.84 Å². The Morgan fingerprint density at radius 2 is 1.92 bits per heavy atom. The largest absolute Gasteiger partial charge is 0.447 e. The Hall–Kier alpha value is -3.90. The SMILES string of the molecule is O=C(NCC(O)CO)OCC1C[C@@H](c2ccc3cc(-c4ccccc4C(F)(F)F)[nH]c(=O)c3c2)C(=O)N1. The Bertz CT molecular complexity index is 1370. The number of alkyl carbamates (subject to hydrolysis) is 1. The molecule has 37 heavy (non-hydrogen) atoms. The zero-order chi connectivity index (χ0) is 26.7. The van der Waals surface area contributed by atoms with E-state index in [0.29, 0.717) is 10.9 Å². The van der Waals surface area contributed by atoms with Gasteiger partial charge < -0.3 is 30.6 Å². The van der Waals surface area contributed by atoms with E-state index < -0.39 is 48.1 Å². The molecular weight excluding hydrogens is 495 g/mol. The summed E-state index contributed by atoms with van der Waals surface area (Å²) in [5.41, 5.74) is -1.04. The number of benzene rings is 2. The molecule has 2 aromatic carbocycles. The summed E-state index contributed by atoms with van der Waals surface area (Å²) in [5, 5.41) is 23.6. The highest BCUT2D eigenvalue weighted by Gasteiger charge is 2.35. The van der Waals surface area contributed by atoms with Crippen LogP contribution < -0.4 is 16.2 Å². The number of hydrogen-bond donors (Lipinski definition) is 5. The second kappa shape index (κ2) is 10.6. The zero-order valence-corrected chi connectivity index (χ0v) is 19.3. The van der Waals surface area contributed by atoms with Crippen molar-refractivity contribution in [3.63, 3.8) is 0 Å². The van der Waals surface area contributed by atoms with Crippen molar-refractivity contribution in [2.75, 3.05) is 19.8 Å². The van der Waals surface area contributed by atoms with Crippen LogP contribution in [0.2, 0.25) is 0 Å². The molecule has 1 aliphatic heterocycles. The van der Waals surface area contributed by atoms with Crippen LogP contribution in [-0.2, 0) is 15.7 Å². The number of pyridine rings is 1. The minimum atomic E-state index is -4.59. The lowest BCUT2D eigenvalue weighted by Gasteiger charge is -2.14. The van der Waals surface area contributed by atoms with Gasteiger partial charge in [0.05, 0.1) is 30.2 Å². The van der Waals surface area contributed by atoms with Crippen LogP contribution in [0, 0.1) is 0 Å². The second-order valence-electron chi connectivity index (χ2n) is 8.71. The Morgan fingerprint density at radius 1 is 1.16 bits per heavy atom. The normalized spacial score (nSPS) is 18.5. The molecule has 0 aliphatic carbocycles. The number of amides is 2. The van der Waals surface area contributed by atoms with Crippen LogP contribution in [0.5, 0.6) is 0 Å². The van der Waals surface area contributed by atoms with E-state index in [-0.39, 0.29) is 42.1 Å². The first-order chi connectivity index (χ1) is 17.6. The van der Waals surface area contributed by atoms with Gasteiger partial charge in [-0.3, -0.25) is 9.59 Å². The molecule has 4 rings (SSSR count). The fourth-order valence-electron chi connectivity index (χ4n) is 4.25. The van der Waals surface area contributed by atoms with E-state index >= 15 is 0 Å². The van der Waals surface area contributed by atoms with Crippen molar-refractivity contribution in [2.24, 2.45) is 0 Å². The van der Waals surface area contributed by atoms with Crippen LogP contribution in [0.25, 0.3) is 22.0 Å². The molecule has 5 N–H and O–H groups in total. The lowest BCUT2D eigenvalue weighted by Crippen LogP contribution is -2.37. The van der Waals surface area contributed by atoms with Gasteiger partial charge in [0.1, 0.15) is 6.61 Å². The van der Waals surface area contributed by atoms with Crippen molar-refractivity contribution < 1.29 is 37.7 Å². The van der Waals surface area contributed by atoms with Crippen LogP contribution in [0.3, 0.4) is 0 Å². The lowest BCUT2D eigenvalue weighted by atomic mass is 9.93. The zero-order valence-electron chi connectivity index (χ0n) is 19.3. The third kappa shape index (κ3) is 5.92. The van der Waals surface area contributed by atoms with Gasteiger partial charge in [0.2, 0.25) is 5.91 Å². The molecule has 196 valence electrons. The molecule has 2 heterocycles. The summed E-state index contributed by atoms with van der Waals surface area (Å²) in [4.78, 5) is 39.6. The van der Waals surface area contributed by atoms with E-state index in [0.717, 1.165) is 6.07 Å². The fraction of sp³-hybridized carbons (Fsp3) is 0.320. The molecule has 2 unspecified atom stereocenters. The molecule has 3 atom stereocenters. The summed E-state index contributed by atoms with van der Waals surface area (Å²) in [7, 11) is 0. The lowest BCUT2D eigenvalue weighted by molar-refractivity contribution is -0.137. The molecule has 1 fully saturated rings. The first kappa shape index (κ1) is 26.2. The number of hydrogen-bond acceptors (Lipinski definition) is 6. The van der Waals surface area contributed by atoms with Gasteiger partial charge in [0, 0.05) is 23.2 Å². The van der Waals surface area contributed by atoms with Gasteiger partial charge in [0.25, 0.3) is 5.56 Å². The molecular formula is C25H24F3N3O6. The Kier molecular flexibility index (Phi) is 7.50. The van der Waals surface area contributed by atoms with E-state index in [2.05, 4.69) is 15.6 Å². The van der Waals surface area contributed by atoms with Gasteiger partial charge in [-0.25, -0.2) is 4.79 Å². The summed E-state index contributed by atoms with van der Waals surface area (Å²) >= 11 is 0. The van der Waals surface area contributed by atoms with Crippen LogP contribution >= 0.6 is 0 Å². The van der Waals surface area contributed by atoms with Crippen molar-refractivity contribution in [2.45, 2.75) is 30.7 Å². The number of fused-ring (bicyclic) bond motifs is 1. The minimum absolute atomic E-state index is 0.0266. The van der Waals surface area contributed by atoms with E-state index in [1.54, 1.807) is 12.1 Å². The number of halogens is 3. The molecule has 3 aromatic rings. The molecule has 0 radical (unpaired) electrons. The third-order valence-electron chi connectivity index (χ3n) is 6.09. The molecule has 1 aliphatic rings. The number of aliphatic hydroxyl groups is 2. The standard InChI is InChI=1S/C25H24F3N3O6/c26-25(27,28)20-4-2-1-3-17(20)21-8-14-6-5-13(7-18(14)23(35)31-21)19-9-15(30-22(19)34)12-37-24(36)29-10-16(33)11-32/h1-8,15-16,19,32-33H,9-12H2,(H,29,36)(H,30,34)(H,31,35)/t15?,16?,19-/m0/s1. The minimum Gasteiger partial charge on any atom is -0.447 e. The average Bonchev–Trinajstić information content (AvgIpc) is 3.25. The van der Waals surface area contributed by atoms with Crippen molar-refractivity contribution in [3.8, 4) is 11.3 Å². The summed E-state index contributed by atoms with van der Waals surface area (Å²) in [5.74, 6) is -0.946. The molecule has 0 bridgehead atoms. The number of alkyl halides is 3. The predicted molar refractivity (Wildman–Crippen MR) is 127 cm³/mol. The number of rotatable bonds is 7. The Labute approximate surface area is 208 Å². The Balaban J connectivity index is 1.50. The van der Waals surface area contributed by atoms with Crippen molar-refractivity contribution in [3.05, 3.63) is 70.0 Å². The van der Waals surface area contributed by atoms with Gasteiger partial charge in [-0.2, -0.15) is 13.2 Å². The van der Waals surface area contributed by atoms with Crippen LogP contribution in [-0.4, -0.2) is 59.1 Å². The Morgan fingerprint density at radius 3 is 2.65 bits per heavy atom. The summed E-state index contributed by atoms with van der Waals surface area (Å²) in [6.07, 6.45) is -6.24. The summed E-state index contributed by atoms with van der Waals surface area (Å²) < 4.78 is 45.4. The maximum atomic E-state index is 13.4. The van der Waals surface area contributed by atoms with Gasteiger partial charge in [-0.1, -0.05) is 30.3 Å². The van der Waals surface area contributed by atoms with E-state index in [9.17, 15) is 32.7 Å². The number of aromatic amines is 1. The van der Waals surface area contributed by atoms with Crippen LogP contribution in [0.4, 0.5) is 18.0 Å². The number of aromatic nitrogens is 1. The molecule has 9 nitrogen and oxygen atoms in total. The molecule has 0 spiro atoms. The second-order valence-corrected chi connectivity index (χ2v) is 8.71. The molecule has 0 saturated carbocycles. The van der Waals surface area contributed by atoms with Gasteiger partial charge in [-0.15, -0.1) is 0 Å². The maximum Gasteiger partial charge on any atom is 0.417 e. The van der Waals surface area contributed by atoms with E-state index in [1.807, 2.05) is 0 Å². The highest BCUT2D eigenvalue weighted by atomic mass is 19.4. The number of carbonyl (C=O) groups excluding carboxylic acids is 2. The highest BCUT2D eigenvalue weighted by molar-refractivity contribution is 5.90. The number of ether oxygens (including phenoxy) is 1. The fourth-order valence-corrected chi connectivity index (χ4v) is 4.25. The molecule has 12 heteroatoms. The van der Waals surface area contributed by atoms with Crippen molar-refractivity contribution in [1.29, 1.82) is 0 Å². The monoisotopic (exact) mass is 519 g/mol. The van der Waals surface area contributed by atoms with Crippen LogP contribution in [0.1, 0.15) is 23.5 Å². The van der Waals surface area contributed by atoms with Gasteiger partial charge in [-0.05, 0) is 35.6 Å². The predicted octanol–water partition coefficient (Wildman–Crippen LogP) is 2.27. The molecule has 2 amide bonds. The highest BCUT2D eigenvalue weighted by Crippen LogP contribution is 2.37. The third-order valence-corrected chi connectivity index (χ3v) is 6.09. The number of carbonyl (C=O) groups is 2. The van der Waals surface area contributed by atoms with E-state index in [1.165, 1.54) is 30.3 Å². The summed E-state index contributed by atoms with van der Waals surface area (Å²) in [6, 6.07) is 10.7. The van der Waals surface area contributed by atoms with Crippen LogP contribution in [0.15, 0.2) is 53.3 Å². The smallest absolute Gasteiger partial charge is 0.417 e. The van der Waals surface area contributed by atoms with Gasteiger partial charge in [0.15, 0.2) is 0 Å². The number of H-pyrrole nitrogens is 1. The maximum absolute atomic E-state index is 13.4. The van der Waals surface area contributed by atoms with Gasteiger partial charge >= 0.3 is 12.3 Å². The quantitative estimate of drug-likeness (QED) is 0.324. The average molecular weight is 519 g/mol. The first-order valence-electron chi connectivity index (χ1n) is 11.4. The summed E-state index contributed by atoms with van der Waals surface area (Å²) in [6.45, 7) is -0.832. The van der Waals surface area contributed by atoms with Crippen molar-refractivity contribution >= 4 is 22.8 Å². The topological polar surface area (TPSA) is 141 Å². The molecule has 1 saturated heterocycles.